The Balaban J connectivity index is 1.43. The average molecular weight is 449 g/mol. The maximum Gasteiger partial charge on any atom is 0.262 e. The van der Waals surface area contributed by atoms with Gasteiger partial charge in [0.15, 0.2) is 6.61 Å². The van der Waals surface area contributed by atoms with Gasteiger partial charge in [-0.1, -0.05) is 11.6 Å². The Kier molecular flexibility index (Phi) is 6.92. The summed E-state index contributed by atoms with van der Waals surface area (Å²) in [5.41, 5.74) is 1.68. The third-order valence-corrected chi connectivity index (χ3v) is 6.81. The average Bonchev–Trinajstić information content (AvgIpc) is 3.39. The van der Waals surface area contributed by atoms with Crippen LogP contribution in [-0.2, 0) is 22.4 Å². The van der Waals surface area contributed by atoms with Crippen LogP contribution in [0, 0.1) is 0 Å². The van der Waals surface area contributed by atoms with Crippen LogP contribution >= 0.6 is 22.9 Å². The number of benzene rings is 1. The fourth-order valence-electron chi connectivity index (χ4n) is 3.84. The predicted octanol–water partition coefficient (Wildman–Crippen LogP) is 4.21. The van der Waals surface area contributed by atoms with Crippen LogP contribution in [0.15, 0.2) is 24.3 Å². The van der Waals surface area contributed by atoms with Gasteiger partial charge in [0.25, 0.3) is 11.8 Å². The molecular formula is C22H25ClN2O4S. The van der Waals surface area contributed by atoms with Crippen molar-refractivity contribution >= 4 is 39.8 Å². The van der Waals surface area contributed by atoms with Gasteiger partial charge in [0.05, 0.1) is 11.7 Å². The van der Waals surface area contributed by atoms with Gasteiger partial charge >= 0.3 is 0 Å². The molecule has 1 aliphatic carbocycles. The first-order valence-corrected chi connectivity index (χ1v) is 11.5. The zero-order valence-corrected chi connectivity index (χ0v) is 18.2. The molecule has 0 saturated carbocycles. The smallest absolute Gasteiger partial charge is 0.262 e. The monoisotopic (exact) mass is 448 g/mol. The lowest BCUT2D eigenvalue weighted by Gasteiger charge is -2.15. The molecule has 6 nitrogen and oxygen atoms in total. The van der Waals surface area contributed by atoms with Gasteiger partial charge in [-0.25, -0.2) is 0 Å². The summed E-state index contributed by atoms with van der Waals surface area (Å²) in [6.07, 6.45) is 6.06. The first-order valence-electron chi connectivity index (χ1n) is 10.3. The Labute approximate surface area is 184 Å². The summed E-state index contributed by atoms with van der Waals surface area (Å²) in [6, 6.07) is 6.84. The minimum atomic E-state index is -0.295. The number of thiophene rings is 1. The van der Waals surface area contributed by atoms with Crippen molar-refractivity contribution in [1.82, 2.24) is 5.32 Å². The third kappa shape index (κ3) is 5.14. The standard InChI is InChI=1S/C22H25ClN2O4S/c23-14-7-9-15(10-8-14)29-13-19(26)25-22-20(17-5-1-2-6-18(17)30-22)21(27)24-12-16-4-3-11-28-16/h7-10,16H,1-6,11-13H2,(H,24,27)(H,25,26)/t16-/m1/s1. The van der Waals surface area contributed by atoms with Crippen molar-refractivity contribution in [2.24, 2.45) is 0 Å². The molecule has 2 amide bonds. The van der Waals surface area contributed by atoms with Crippen molar-refractivity contribution < 1.29 is 19.1 Å². The lowest BCUT2D eigenvalue weighted by Crippen LogP contribution is -2.33. The number of carbonyl (C=O) groups excluding carboxylic acids is 2. The van der Waals surface area contributed by atoms with Crippen LogP contribution in [0.5, 0.6) is 5.75 Å². The summed E-state index contributed by atoms with van der Waals surface area (Å²) in [6.45, 7) is 1.11. The van der Waals surface area contributed by atoms with Gasteiger partial charge in [0.1, 0.15) is 10.8 Å². The van der Waals surface area contributed by atoms with Crippen molar-refractivity contribution in [1.29, 1.82) is 0 Å². The molecule has 2 heterocycles. The number of ether oxygens (including phenoxy) is 2. The van der Waals surface area contributed by atoms with Crippen LogP contribution in [0.1, 0.15) is 46.5 Å². The lowest BCUT2D eigenvalue weighted by atomic mass is 9.95. The summed E-state index contributed by atoms with van der Waals surface area (Å²) >= 11 is 7.37. The van der Waals surface area contributed by atoms with Gasteiger partial charge in [-0.3, -0.25) is 9.59 Å². The maximum atomic E-state index is 13.0. The van der Waals surface area contributed by atoms with E-state index in [-0.39, 0.29) is 24.5 Å². The molecule has 4 rings (SSSR count). The van der Waals surface area contributed by atoms with E-state index < -0.39 is 0 Å². The molecule has 0 spiro atoms. The molecule has 0 bridgehead atoms. The van der Waals surface area contributed by atoms with Crippen LogP contribution in [-0.4, -0.2) is 37.7 Å². The van der Waals surface area contributed by atoms with E-state index in [0.717, 1.165) is 50.7 Å². The highest BCUT2D eigenvalue weighted by molar-refractivity contribution is 7.17. The second kappa shape index (κ2) is 9.81. The van der Waals surface area contributed by atoms with Crippen LogP contribution in [0.3, 0.4) is 0 Å². The van der Waals surface area contributed by atoms with E-state index in [4.69, 9.17) is 21.1 Å². The van der Waals surface area contributed by atoms with Gasteiger partial charge in [-0.15, -0.1) is 11.3 Å². The molecule has 1 aliphatic heterocycles. The number of rotatable bonds is 7. The molecule has 2 aromatic rings. The zero-order valence-electron chi connectivity index (χ0n) is 16.7. The molecule has 160 valence electrons. The minimum Gasteiger partial charge on any atom is -0.484 e. The van der Waals surface area contributed by atoms with E-state index in [9.17, 15) is 9.59 Å². The number of amides is 2. The van der Waals surface area contributed by atoms with Crippen LogP contribution in [0.2, 0.25) is 5.02 Å². The Morgan fingerprint density at radius 1 is 1.17 bits per heavy atom. The SMILES string of the molecule is O=C(COc1ccc(Cl)cc1)Nc1sc2c(c1C(=O)NC[C@H]1CCCO1)CCCC2. The molecule has 1 saturated heterocycles. The summed E-state index contributed by atoms with van der Waals surface area (Å²) in [7, 11) is 0. The molecule has 8 heteroatoms. The zero-order chi connectivity index (χ0) is 20.9. The largest absolute Gasteiger partial charge is 0.484 e. The van der Waals surface area contributed by atoms with E-state index in [0.29, 0.717) is 27.9 Å². The molecule has 1 atom stereocenters. The minimum absolute atomic E-state index is 0.0780. The van der Waals surface area contributed by atoms with E-state index in [1.165, 1.54) is 16.2 Å². The summed E-state index contributed by atoms with van der Waals surface area (Å²) in [5.74, 6) is 0.130. The molecule has 0 unspecified atom stereocenters. The van der Waals surface area contributed by atoms with Gasteiger partial charge in [0, 0.05) is 23.1 Å². The Hall–Kier alpha value is -2.09. The Morgan fingerprint density at radius 3 is 2.73 bits per heavy atom. The Morgan fingerprint density at radius 2 is 1.97 bits per heavy atom. The summed E-state index contributed by atoms with van der Waals surface area (Å²) in [5, 5.41) is 7.11. The van der Waals surface area contributed by atoms with Gasteiger partial charge in [0.2, 0.25) is 0 Å². The van der Waals surface area contributed by atoms with Crippen molar-refractivity contribution in [3.8, 4) is 5.75 Å². The third-order valence-electron chi connectivity index (χ3n) is 5.35. The maximum absolute atomic E-state index is 13.0. The van der Waals surface area contributed by atoms with Crippen molar-refractivity contribution in [3.05, 3.63) is 45.3 Å². The molecule has 2 aliphatic rings. The Bertz CT molecular complexity index is 907. The lowest BCUT2D eigenvalue weighted by molar-refractivity contribution is -0.118. The first-order chi connectivity index (χ1) is 14.6. The highest BCUT2D eigenvalue weighted by Gasteiger charge is 2.27. The highest BCUT2D eigenvalue weighted by atomic mass is 35.5. The molecule has 0 radical (unpaired) electrons. The van der Waals surface area contributed by atoms with Crippen molar-refractivity contribution in [2.45, 2.75) is 44.6 Å². The van der Waals surface area contributed by atoms with Gasteiger partial charge < -0.3 is 20.1 Å². The molecule has 2 N–H and O–H groups in total. The normalized spacial score (nSPS) is 18.0. The van der Waals surface area contributed by atoms with E-state index >= 15 is 0 Å². The summed E-state index contributed by atoms with van der Waals surface area (Å²) in [4.78, 5) is 26.7. The fraction of sp³-hybridized carbons (Fsp3) is 0.455. The number of aryl methyl sites for hydroxylation is 1. The number of carbonyl (C=O) groups is 2. The quantitative estimate of drug-likeness (QED) is 0.665. The second-order valence-corrected chi connectivity index (χ2v) is 9.09. The van der Waals surface area contributed by atoms with Crippen LogP contribution < -0.4 is 15.4 Å². The number of nitrogens with one attached hydrogen (secondary N) is 2. The van der Waals surface area contributed by atoms with Gasteiger partial charge in [-0.2, -0.15) is 0 Å². The van der Waals surface area contributed by atoms with Crippen LogP contribution in [0.25, 0.3) is 0 Å². The number of fused-ring (bicyclic) bond motifs is 1. The van der Waals surface area contributed by atoms with E-state index in [2.05, 4.69) is 10.6 Å². The topological polar surface area (TPSA) is 76.7 Å². The number of hydrogen-bond donors (Lipinski definition) is 2. The van der Waals surface area contributed by atoms with Crippen LogP contribution in [0.4, 0.5) is 5.00 Å². The number of anilines is 1. The fourth-order valence-corrected chi connectivity index (χ4v) is 5.27. The van der Waals surface area contributed by atoms with Crippen molar-refractivity contribution in [2.75, 3.05) is 25.1 Å². The number of hydrogen-bond acceptors (Lipinski definition) is 5. The van der Waals surface area contributed by atoms with E-state index in [1.807, 2.05) is 0 Å². The molecule has 1 aromatic carbocycles. The molecule has 1 aromatic heterocycles. The predicted molar refractivity (Wildman–Crippen MR) is 118 cm³/mol. The van der Waals surface area contributed by atoms with E-state index in [1.54, 1.807) is 24.3 Å². The molecular weight excluding hydrogens is 424 g/mol. The van der Waals surface area contributed by atoms with Crippen molar-refractivity contribution in [3.63, 3.8) is 0 Å². The second-order valence-electron chi connectivity index (χ2n) is 7.55. The molecule has 1 fully saturated rings. The summed E-state index contributed by atoms with van der Waals surface area (Å²) < 4.78 is 11.1. The number of halogens is 1. The molecule has 30 heavy (non-hydrogen) atoms. The highest BCUT2D eigenvalue weighted by Crippen LogP contribution is 2.38. The first kappa shape index (κ1) is 21.2. The van der Waals surface area contributed by atoms with Gasteiger partial charge in [-0.05, 0) is 68.4 Å².